The minimum absolute atomic E-state index is 0.573. The molecule has 0 unspecified atom stereocenters. The first-order chi connectivity index (χ1) is 15.2. The lowest BCUT2D eigenvalue weighted by Crippen LogP contribution is -2.43. The predicted molar refractivity (Wildman–Crippen MR) is 128 cm³/mol. The summed E-state index contributed by atoms with van der Waals surface area (Å²) in [5.41, 5.74) is 6.36. The number of hydrazone groups is 1. The maximum absolute atomic E-state index is 5.93. The van der Waals surface area contributed by atoms with Crippen molar-refractivity contribution < 1.29 is 4.74 Å². The van der Waals surface area contributed by atoms with Crippen LogP contribution in [0.4, 0.5) is 0 Å². The van der Waals surface area contributed by atoms with Crippen LogP contribution in [-0.2, 0) is 13.2 Å². The third-order valence-electron chi connectivity index (χ3n) is 5.72. The third-order valence-corrected chi connectivity index (χ3v) is 5.72. The highest BCUT2D eigenvalue weighted by Crippen LogP contribution is 2.16. The molecule has 0 aliphatic carbocycles. The zero-order valence-electron chi connectivity index (χ0n) is 18.5. The molecule has 4 heteroatoms. The Morgan fingerprint density at radius 1 is 0.871 bits per heavy atom. The molecule has 0 radical (unpaired) electrons. The first-order valence-electron chi connectivity index (χ1n) is 11.0. The number of aryl methyl sites for hydroxylation is 2. The number of rotatable bonds is 7. The van der Waals surface area contributed by atoms with E-state index < -0.39 is 0 Å². The summed E-state index contributed by atoms with van der Waals surface area (Å²) in [6.45, 7) is 9.92. The summed E-state index contributed by atoms with van der Waals surface area (Å²) >= 11 is 0. The highest BCUT2D eigenvalue weighted by atomic mass is 16.5. The van der Waals surface area contributed by atoms with Gasteiger partial charge in [0.1, 0.15) is 12.4 Å². The Labute approximate surface area is 185 Å². The Hall–Kier alpha value is -3.11. The molecule has 1 fully saturated rings. The maximum atomic E-state index is 5.93. The van der Waals surface area contributed by atoms with E-state index in [1.54, 1.807) is 0 Å². The molecule has 0 bridgehead atoms. The number of benzene rings is 3. The van der Waals surface area contributed by atoms with Gasteiger partial charge in [-0.3, -0.25) is 9.91 Å². The van der Waals surface area contributed by atoms with Gasteiger partial charge in [-0.25, -0.2) is 0 Å². The summed E-state index contributed by atoms with van der Waals surface area (Å²) in [6.07, 6.45) is 1.94. The van der Waals surface area contributed by atoms with E-state index in [1.165, 1.54) is 22.3 Å². The van der Waals surface area contributed by atoms with Gasteiger partial charge in [-0.1, -0.05) is 66.2 Å². The molecule has 160 valence electrons. The number of ether oxygens (including phenoxy) is 1. The first-order valence-corrected chi connectivity index (χ1v) is 11.0. The monoisotopic (exact) mass is 413 g/mol. The minimum Gasteiger partial charge on any atom is -0.489 e. The van der Waals surface area contributed by atoms with Crippen molar-refractivity contribution in [1.29, 1.82) is 0 Å². The van der Waals surface area contributed by atoms with Gasteiger partial charge in [0.05, 0.1) is 6.21 Å². The second-order valence-corrected chi connectivity index (χ2v) is 8.25. The topological polar surface area (TPSA) is 28.1 Å². The van der Waals surface area contributed by atoms with E-state index in [9.17, 15) is 0 Å². The molecular weight excluding hydrogens is 382 g/mol. The zero-order valence-corrected chi connectivity index (χ0v) is 18.5. The summed E-state index contributed by atoms with van der Waals surface area (Å²) in [7, 11) is 0. The quantitative estimate of drug-likeness (QED) is 0.508. The smallest absolute Gasteiger partial charge is 0.120 e. The average Bonchev–Trinajstić information content (AvgIpc) is 2.80. The average molecular weight is 414 g/mol. The largest absolute Gasteiger partial charge is 0.489 e. The number of hydrogen-bond acceptors (Lipinski definition) is 4. The van der Waals surface area contributed by atoms with E-state index >= 15 is 0 Å². The Morgan fingerprint density at radius 2 is 1.68 bits per heavy atom. The predicted octanol–water partition coefficient (Wildman–Crippen LogP) is 5.03. The van der Waals surface area contributed by atoms with E-state index in [1.807, 2.05) is 42.6 Å². The fourth-order valence-electron chi connectivity index (χ4n) is 3.85. The molecule has 0 spiro atoms. The van der Waals surface area contributed by atoms with E-state index in [0.29, 0.717) is 6.61 Å². The summed E-state index contributed by atoms with van der Waals surface area (Å²) < 4.78 is 5.93. The molecule has 31 heavy (non-hydrogen) atoms. The Balaban J connectivity index is 1.27. The molecule has 1 heterocycles. The van der Waals surface area contributed by atoms with Crippen LogP contribution in [0.25, 0.3) is 0 Å². The fourth-order valence-corrected chi connectivity index (χ4v) is 3.85. The molecule has 1 aliphatic heterocycles. The molecule has 4 rings (SSSR count). The first kappa shape index (κ1) is 21.1. The molecule has 0 aromatic heterocycles. The second-order valence-electron chi connectivity index (χ2n) is 8.25. The Bertz CT molecular complexity index is 1010. The highest BCUT2D eigenvalue weighted by molar-refractivity contribution is 5.79. The number of nitrogens with zero attached hydrogens (tertiary/aromatic N) is 3. The molecule has 0 amide bonds. The van der Waals surface area contributed by atoms with Gasteiger partial charge in [0, 0.05) is 32.7 Å². The van der Waals surface area contributed by atoms with E-state index in [2.05, 4.69) is 60.2 Å². The van der Waals surface area contributed by atoms with Crippen molar-refractivity contribution in [2.75, 3.05) is 26.2 Å². The van der Waals surface area contributed by atoms with Crippen molar-refractivity contribution in [3.05, 3.63) is 101 Å². The van der Waals surface area contributed by atoms with Crippen molar-refractivity contribution in [3.8, 4) is 5.75 Å². The maximum Gasteiger partial charge on any atom is 0.120 e. The summed E-state index contributed by atoms with van der Waals surface area (Å²) in [5.74, 6) is 0.867. The van der Waals surface area contributed by atoms with Crippen molar-refractivity contribution in [1.82, 2.24) is 9.91 Å². The Kier molecular flexibility index (Phi) is 7.00. The van der Waals surface area contributed by atoms with Gasteiger partial charge in [-0.15, -0.1) is 0 Å². The van der Waals surface area contributed by atoms with Crippen LogP contribution in [0, 0.1) is 13.8 Å². The SMILES string of the molecule is Cc1ccc(CN2CCN(N=Cc3cccc(OCc4ccccc4)c3)CC2)c(C)c1. The van der Waals surface area contributed by atoms with Crippen LogP contribution in [0.1, 0.15) is 27.8 Å². The lowest BCUT2D eigenvalue weighted by Gasteiger charge is -2.33. The van der Waals surface area contributed by atoms with Crippen LogP contribution in [0.15, 0.2) is 77.9 Å². The lowest BCUT2D eigenvalue weighted by atomic mass is 10.1. The van der Waals surface area contributed by atoms with Crippen LogP contribution < -0.4 is 4.74 Å². The van der Waals surface area contributed by atoms with Gasteiger partial charge in [0.25, 0.3) is 0 Å². The molecular formula is C27H31N3O. The van der Waals surface area contributed by atoms with Gasteiger partial charge >= 0.3 is 0 Å². The van der Waals surface area contributed by atoms with Crippen molar-refractivity contribution in [3.63, 3.8) is 0 Å². The molecule has 1 aliphatic rings. The number of hydrogen-bond donors (Lipinski definition) is 0. The zero-order chi connectivity index (χ0) is 21.5. The third kappa shape index (κ3) is 6.19. The van der Waals surface area contributed by atoms with Crippen LogP contribution in [0.5, 0.6) is 5.75 Å². The summed E-state index contributed by atoms with van der Waals surface area (Å²) in [5, 5.41) is 6.87. The van der Waals surface area contributed by atoms with Gasteiger partial charge in [-0.05, 0) is 48.2 Å². The Morgan fingerprint density at radius 3 is 2.45 bits per heavy atom. The van der Waals surface area contributed by atoms with Crippen LogP contribution >= 0.6 is 0 Å². The van der Waals surface area contributed by atoms with Crippen LogP contribution in [-0.4, -0.2) is 42.3 Å². The van der Waals surface area contributed by atoms with Gasteiger partial charge in [0.2, 0.25) is 0 Å². The molecule has 0 atom stereocenters. The van der Waals surface area contributed by atoms with E-state index in [0.717, 1.165) is 44.0 Å². The molecule has 1 saturated heterocycles. The van der Waals surface area contributed by atoms with Crippen molar-refractivity contribution in [2.24, 2.45) is 5.10 Å². The molecule has 0 saturated carbocycles. The molecule has 4 nitrogen and oxygen atoms in total. The van der Waals surface area contributed by atoms with Crippen LogP contribution in [0.2, 0.25) is 0 Å². The van der Waals surface area contributed by atoms with Gasteiger partial charge in [0.15, 0.2) is 0 Å². The van der Waals surface area contributed by atoms with E-state index in [4.69, 9.17) is 9.84 Å². The lowest BCUT2D eigenvalue weighted by molar-refractivity contribution is 0.131. The van der Waals surface area contributed by atoms with Crippen molar-refractivity contribution >= 4 is 6.21 Å². The van der Waals surface area contributed by atoms with E-state index in [-0.39, 0.29) is 0 Å². The minimum atomic E-state index is 0.573. The molecule has 3 aromatic rings. The second kappa shape index (κ2) is 10.3. The summed E-state index contributed by atoms with van der Waals surface area (Å²) in [6, 6.07) is 25.1. The normalized spacial score (nSPS) is 14.8. The molecule has 0 N–H and O–H groups in total. The highest BCUT2D eigenvalue weighted by Gasteiger charge is 2.16. The number of piperazine rings is 1. The summed E-state index contributed by atoms with van der Waals surface area (Å²) in [4.78, 5) is 2.52. The van der Waals surface area contributed by atoms with Gasteiger partial charge in [-0.2, -0.15) is 5.10 Å². The van der Waals surface area contributed by atoms with Crippen molar-refractivity contribution in [2.45, 2.75) is 27.0 Å². The standard InChI is InChI=1S/C27H31N3O/c1-22-11-12-26(23(2)17-22)20-29-13-15-30(16-14-29)28-19-25-9-6-10-27(18-25)31-21-24-7-4-3-5-8-24/h3-12,17-19H,13-16,20-21H2,1-2H3. The van der Waals surface area contributed by atoms with Crippen LogP contribution in [0.3, 0.4) is 0 Å². The fraction of sp³-hybridized carbons (Fsp3) is 0.296. The van der Waals surface area contributed by atoms with Gasteiger partial charge < -0.3 is 4.74 Å². The molecule has 3 aromatic carbocycles.